The van der Waals surface area contributed by atoms with Gasteiger partial charge in [-0.2, -0.15) is 0 Å². The number of hydrogen-bond acceptors (Lipinski definition) is 6. The lowest BCUT2D eigenvalue weighted by Gasteiger charge is -2.05. The number of rotatable bonds is 5. The molecule has 0 atom stereocenters. The van der Waals surface area contributed by atoms with Gasteiger partial charge in [0.1, 0.15) is 11.6 Å². The first-order valence-corrected chi connectivity index (χ1v) is 8.91. The van der Waals surface area contributed by atoms with E-state index in [1.54, 1.807) is 6.20 Å². The lowest BCUT2D eigenvalue weighted by atomic mass is 10.0. The number of esters is 1. The van der Waals surface area contributed by atoms with E-state index in [2.05, 4.69) is 53.1 Å². The number of thiazole rings is 1. The van der Waals surface area contributed by atoms with Crippen LogP contribution in [0.25, 0.3) is 10.6 Å². The minimum Gasteiger partial charge on any atom is -0.454 e. The molecule has 6 heteroatoms. The molecule has 0 saturated carbocycles. The molecule has 0 bridgehead atoms. The van der Waals surface area contributed by atoms with Crippen LogP contribution in [0.5, 0.6) is 0 Å². The summed E-state index contributed by atoms with van der Waals surface area (Å²) in [6.45, 7) is 6.27. The highest BCUT2D eigenvalue weighted by Gasteiger charge is 2.11. The molecule has 5 nitrogen and oxygen atoms in total. The van der Waals surface area contributed by atoms with Gasteiger partial charge in [0.15, 0.2) is 5.69 Å². The standard InChI is InChI=1S/C19H19N3O2S/c1-12(2)14-4-6-15(7-5-14)18-22-16(11-25-18)10-24-19(23)17-9-20-13(3)8-21-17/h4-9,11-12H,10H2,1-3H3. The molecule has 0 spiro atoms. The van der Waals surface area contributed by atoms with Gasteiger partial charge in [-0.25, -0.2) is 14.8 Å². The van der Waals surface area contributed by atoms with E-state index in [0.29, 0.717) is 5.92 Å². The maximum atomic E-state index is 12.0. The molecule has 25 heavy (non-hydrogen) atoms. The molecule has 0 saturated heterocycles. The number of hydrogen-bond donors (Lipinski definition) is 0. The van der Waals surface area contributed by atoms with Crippen LogP contribution in [0.15, 0.2) is 42.0 Å². The van der Waals surface area contributed by atoms with E-state index in [1.165, 1.54) is 23.1 Å². The average Bonchev–Trinajstić information content (AvgIpc) is 3.09. The van der Waals surface area contributed by atoms with Crippen LogP contribution in [0.1, 0.15) is 47.2 Å². The second-order valence-corrected chi connectivity index (χ2v) is 6.90. The molecule has 3 aromatic rings. The molecule has 0 fully saturated rings. The summed E-state index contributed by atoms with van der Waals surface area (Å²) in [6, 6.07) is 8.39. The Morgan fingerprint density at radius 3 is 2.56 bits per heavy atom. The highest BCUT2D eigenvalue weighted by atomic mass is 32.1. The third kappa shape index (κ3) is 4.28. The van der Waals surface area contributed by atoms with Gasteiger partial charge in [0.2, 0.25) is 0 Å². The van der Waals surface area contributed by atoms with Gasteiger partial charge in [0.25, 0.3) is 0 Å². The van der Waals surface area contributed by atoms with Crippen LogP contribution < -0.4 is 0 Å². The zero-order chi connectivity index (χ0) is 17.8. The monoisotopic (exact) mass is 353 g/mol. The van der Waals surface area contributed by atoms with Crippen LogP contribution in [0.4, 0.5) is 0 Å². The quantitative estimate of drug-likeness (QED) is 0.637. The van der Waals surface area contributed by atoms with Crippen molar-refractivity contribution >= 4 is 17.3 Å². The zero-order valence-electron chi connectivity index (χ0n) is 14.4. The van der Waals surface area contributed by atoms with E-state index in [9.17, 15) is 4.79 Å². The molecule has 0 aliphatic heterocycles. The molecule has 0 aliphatic rings. The van der Waals surface area contributed by atoms with E-state index >= 15 is 0 Å². The Morgan fingerprint density at radius 2 is 1.92 bits per heavy atom. The number of nitrogens with zero attached hydrogens (tertiary/aromatic N) is 3. The summed E-state index contributed by atoms with van der Waals surface area (Å²) in [5, 5.41) is 2.82. The Kier molecular flexibility index (Phi) is 5.19. The summed E-state index contributed by atoms with van der Waals surface area (Å²) in [6.07, 6.45) is 2.96. The molecule has 0 aliphatic carbocycles. The van der Waals surface area contributed by atoms with Crippen LogP contribution in [0.3, 0.4) is 0 Å². The fourth-order valence-corrected chi connectivity index (χ4v) is 3.04. The first kappa shape index (κ1) is 17.2. The van der Waals surface area contributed by atoms with Crippen molar-refractivity contribution in [2.75, 3.05) is 0 Å². The number of aromatic nitrogens is 3. The van der Waals surface area contributed by atoms with Crippen LogP contribution in [0.2, 0.25) is 0 Å². The molecule has 0 radical (unpaired) electrons. The van der Waals surface area contributed by atoms with Crippen LogP contribution in [0, 0.1) is 6.92 Å². The van der Waals surface area contributed by atoms with Gasteiger partial charge < -0.3 is 4.74 Å². The molecule has 2 aromatic heterocycles. The number of carbonyl (C=O) groups is 1. The molecule has 128 valence electrons. The van der Waals surface area contributed by atoms with Crippen LogP contribution in [-0.2, 0) is 11.3 Å². The van der Waals surface area contributed by atoms with Gasteiger partial charge in [-0.1, -0.05) is 38.1 Å². The summed E-state index contributed by atoms with van der Waals surface area (Å²) in [5.74, 6) is 0.00790. The van der Waals surface area contributed by atoms with E-state index in [-0.39, 0.29) is 12.3 Å². The van der Waals surface area contributed by atoms with Crippen molar-refractivity contribution in [3.8, 4) is 10.6 Å². The van der Waals surface area contributed by atoms with Crippen molar-refractivity contribution in [2.45, 2.75) is 33.3 Å². The average molecular weight is 353 g/mol. The number of ether oxygens (including phenoxy) is 1. The predicted octanol–water partition coefficient (Wildman–Crippen LogP) is 4.39. The molecular formula is C19H19N3O2S. The minimum absolute atomic E-state index is 0.120. The second-order valence-electron chi connectivity index (χ2n) is 6.04. The smallest absolute Gasteiger partial charge is 0.358 e. The first-order valence-electron chi connectivity index (χ1n) is 8.03. The topological polar surface area (TPSA) is 65.0 Å². The molecule has 0 unspecified atom stereocenters. The molecule has 2 heterocycles. The molecule has 0 amide bonds. The highest BCUT2D eigenvalue weighted by molar-refractivity contribution is 7.13. The van der Waals surface area contributed by atoms with Crippen LogP contribution >= 0.6 is 11.3 Å². The fourth-order valence-electron chi connectivity index (χ4n) is 2.23. The number of carbonyl (C=O) groups excluding carboxylic acids is 1. The van der Waals surface area contributed by atoms with E-state index in [1.807, 2.05) is 12.3 Å². The van der Waals surface area contributed by atoms with Crippen molar-refractivity contribution in [1.82, 2.24) is 15.0 Å². The molecule has 3 rings (SSSR count). The van der Waals surface area contributed by atoms with Gasteiger partial charge in [0, 0.05) is 17.1 Å². The van der Waals surface area contributed by atoms with Crippen molar-refractivity contribution in [3.05, 3.63) is 64.7 Å². The third-order valence-electron chi connectivity index (χ3n) is 3.72. The largest absolute Gasteiger partial charge is 0.454 e. The Labute approximate surface area is 150 Å². The summed E-state index contributed by atoms with van der Waals surface area (Å²) in [4.78, 5) is 24.6. The molecule has 1 aromatic carbocycles. The molecule has 0 N–H and O–H groups in total. The summed E-state index contributed by atoms with van der Waals surface area (Å²) in [7, 11) is 0. The normalized spacial score (nSPS) is 10.9. The van der Waals surface area contributed by atoms with Crippen molar-refractivity contribution in [2.24, 2.45) is 0 Å². The maximum Gasteiger partial charge on any atom is 0.358 e. The Hall–Kier alpha value is -2.60. The summed E-state index contributed by atoms with van der Waals surface area (Å²) < 4.78 is 5.26. The van der Waals surface area contributed by atoms with E-state index < -0.39 is 5.97 Å². The maximum absolute atomic E-state index is 12.0. The van der Waals surface area contributed by atoms with Crippen molar-refractivity contribution in [3.63, 3.8) is 0 Å². The van der Waals surface area contributed by atoms with Gasteiger partial charge >= 0.3 is 5.97 Å². The Bertz CT molecular complexity index is 855. The Morgan fingerprint density at radius 1 is 1.16 bits per heavy atom. The van der Waals surface area contributed by atoms with E-state index in [0.717, 1.165) is 22.0 Å². The van der Waals surface area contributed by atoms with E-state index in [4.69, 9.17) is 4.74 Å². The molecular weight excluding hydrogens is 334 g/mol. The first-order chi connectivity index (χ1) is 12.0. The van der Waals surface area contributed by atoms with Gasteiger partial charge in [-0.15, -0.1) is 11.3 Å². The van der Waals surface area contributed by atoms with Gasteiger partial charge in [0.05, 0.1) is 17.6 Å². The lowest BCUT2D eigenvalue weighted by Crippen LogP contribution is -2.08. The zero-order valence-corrected chi connectivity index (χ0v) is 15.2. The van der Waals surface area contributed by atoms with Crippen molar-refractivity contribution < 1.29 is 9.53 Å². The predicted molar refractivity (Wildman–Crippen MR) is 97.5 cm³/mol. The number of benzene rings is 1. The van der Waals surface area contributed by atoms with Gasteiger partial charge in [-0.05, 0) is 18.4 Å². The number of aryl methyl sites for hydroxylation is 1. The Balaban J connectivity index is 1.63. The highest BCUT2D eigenvalue weighted by Crippen LogP contribution is 2.26. The third-order valence-corrected chi connectivity index (χ3v) is 4.66. The second kappa shape index (κ2) is 7.53. The minimum atomic E-state index is -0.497. The summed E-state index contributed by atoms with van der Waals surface area (Å²) >= 11 is 1.54. The summed E-state index contributed by atoms with van der Waals surface area (Å²) in [5.41, 5.74) is 4.04. The van der Waals surface area contributed by atoms with Gasteiger partial charge in [-0.3, -0.25) is 4.98 Å². The fraction of sp³-hybridized carbons (Fsp3) is 0.263. The SMILES string of the molecule is Cc1cnc(C(=O)OCc2csc(-c3ccc(C(C)C)cc3)n2)cn1. The lowest BCUT2D eigenvalue weighted by molar-refractivity contribution is 0.0461. The van der Waals surface area contributed by atoms with Crippen LogP contribution in [-0.4, -0.2) is 20.9 Å². The van der Waals surface area contributed by atoms with Crippen molar-refractivity contribution in [1.29, 1.82) is 0 Å².